The van der Waals surface area contributed by atoms with Gasteiger partial charge in [0.1, 0.15) is 5.75 Å². The van der Waals surface area contributed by atoms with E-state index in [4.69, 9.17) is 9.72 Å². The first-order valence-corrected chi connectivity index (χ1v) is 9.47. The topological polar surface area (TPSA) is 55.3 Å². The highest BCUT2D eigenvalue weighted by atomic mass is 79.9. The van der Waals surface area contributed by atoms with Crippen molar-refractivity contribution in [2.75, 3.05) is 13.7 Å². The number of aromatic nitrogens is 2. The number of fused-ring (bicyclic) bond motifs is 1. The molecule has 4 rings (SSSR count). The molecule has 0 atom stereocenters. The normalized spacial score (nSPS) is 13.2. The van der Waals surface area contributed by atoms with Crippen LogP contribution in [0, 0.1) is 0 Å². The Bertz CT molecular complexity index is 989. The molecule has 0 aliphatic carbocycles. The van der Waals surface area contributed by atoms with Gasteiger partial charge in [0.05, 0.1) is 12.8 Å². The van der Waals surface area contributed by atoms with Crippen LogP contribution in [0.25, 0.3) is 11.4 Å². The highest BCUT2D eigenvalue weighted by Gasteiger charge is 2.23. The summed E-state index contributed by atoms with van der Waals surface area (Å²) in [4.78, 5) is 23.8. The van der Waals surface area contributed by atoms with Gasteiger partial charge in [0.2, 0.25) is 0 Å². The molecule has 1 aromatic heterocycles. The molecule has 0 saturated heterocycles. The number of carbonyl (C=O) groups excluding carboxylic acids is 1. The van der Waals surface area contributed by atoms with Crippen LogP contribution in [-0.2, 0) is 13.0 Å². The van der Waals surface area contributed by atoms with E-state index in [1.807, 2.05) is 59.6 Å². The van der Waals surface area contributed by atoms with Crippen LogP contribution in [0.2, 0.25) is 0 Å². The highest BCUT2D eigenvalue weighted by Crippen LogP contribution is 2.24. The number of amides is 1. The minimum absolute atomic E-state index is 0.0289. The highest BCUT2D eigenvalue weighted by molar-refractivity contribution is 9.10. The minimum atomic E-state index is 0.0289. The summed E-state index contributed by atoms with van der Waals surface area (Å²) in [6.07, 6.45) is 2.56. The summed E-state index contributed by atoms with van der Waals surface area (Å²) in [5.74, 6) is 1.53. The van der Waals surface area contributed by atoms with E-state index in [-0.39, 0.29) is 5.91 Å². The van der Waals surface area contributed by atoms with E-state index in [1.165, 1.54) is 0 Å². The molecule has 1 amide bonds. The van der Waals surface area contributed by atoms with E-state index in [2.05, 4.69) is 20.9 Å². The summed E-state index contributed by atoms with van der Waals surface area (Å²) in [5, 5.41) is 0. The number of ether oxygens (including phenoxy) is 1. The second kappa shape index (κ2) is 7.48. The Kier molecular flexibility index (Phi) is 4.90. The van der Waals surface area contributed by atoms with Gasteiger partial charge in [-0.2, -0.15) is 0 Å². The first-order valence-electron chi connectivity index (χ1n) is 8.68. The molecule has 136 valence electrons. The van der Waals surface area contributed by atoms with E-state index in [0.717, 1.165) is 33.5 Å². The Balaban J connectivity index is 1.54. The van der Waals surface area contributed by atoms with Crippen molar-refractivity contribution < 1.29 is 9.53 Å². The first kappa shape index (κ1) is 17.7. The maximum atomic E-state index is 12.8. The molecule has 0 bridgehead atoms. The second-order valence-electron chi connectivity index (χ2n) is 6.38. The van der Waals surface area contributed by atoms with E-state index < -0.39 is 0 Å². The van der Waals surface area contributed by atoms with Crippen molar-refractivity contribution in [1.82, 2.24) is 14.9 Å². The molecule has 0 unspecified atom stereocenters. The third kappa shape index (κ3) is 3.71. The lowest BCUT2D eigenvalue weighted by Crippen LogP contribution is -2.36. The fraction of sp³-hybridized carbons (Fsp3) is 0.190. The van der Waals surface area contributed by atoms with Crippen molar-refractivity contribution in [3.05, 3.63) is 76.0 Å². The molecule has 0 N–H and O–H groups in total. The molecule has 0 spiro atoms. The van der Waals surface area contributed by atoms with Crippen LogP contribution in [0.3, 0.4) is 0 Å². The van der Waals surface area contributed by atoms with Crippen molar-refractivity contribution in [3.63, 3.8) is 0 Å². The molecule has 3 aromatic rings. The number of hydrogen-bond donors (Lipinski definition) is 0. The van der Waals surface area contributed by atoms with Crippen molar-refractivity contribution in [2.24, 2.45) is 0 Å². The Labute approximate surface area is 166 Å². The fourth-order valence-corrected chi connectivity index (χ4v) is 3.57. The smallest absolute Gasteiger partial charge is 0.254 e. The van der Waals surface area contributed by atoms with Crippen molar-refractivity contribution in [1.29, 1.82) is 0 Å². The predicted octanol–water partition coefficient (Wildman–Crippen LogP) is 4.11. The zero-order valence-corrected chi connectivity index (χ0v) is 16.4. The van der Waals surface area contributed by atoms with Crippen molar-refractivity contribution in [3.8, 4) is 17.1 Å². The number of rotatable bonds is 3. The lowest BCUT2D eigenvalue weighted by atomic mass is 10.1. The van der Waals surface area contributed by atoms with E-state index in [9.17, 15) is 4.79 Å². The number of methoxy groups -OCH3 is 1. The van der Waals surface area contributed by atoms with Crippen LogP contribution in [-0.4, -0.2) is 34.4 Å². The maximum absolute atomic E-state index is 12.8. The van der Waals surface area contributed by atoms with Crippen molar-refractivity contribution >= 4 is 21.8 Å². The summed E-state index contributed by atoms with van der Waals surface area (Å²) < 4.78 is 6.09. The molecule has 1 aliphatic rings. The van der Waals surface area contributed by atoms with Gasteiger partial charge in [-0.15, -0.1) is 0 Å². The molecule has 2 aromatic carbocycles. The predicted molar refractivity (Wildman–Crippen MR) is 107 cm³/mol. The number of benzene rings is 2. The third-order valence-corrected chi connectivity index (χ3v) is 5.13. The molecule has 27 heavy (non-hydrogen) atoms. The SMILES string of the molecule is COc1ccc(-c2ncc3c(n2)CCN(C(=O)c2cccc(Br)c2)C3)cc1. The van der Waals surface area contributed by atoms with Gasteiger partial charge in [0.25, 0.3) is 5.91 Å². The lowest BCUT2D eigenvalue weighted by molar-refractivity contribution is 0.0733. The summed E-state index contributed by atoms with van der Waals surface area (Å²) in [7, 11) is 1.64. The van der Waals surface area contributed by atoms with Gasteiger partial charge in [0, 0.05) is 46.9 Å². The summed E-state index contributed by atoms with van der Waals surface area (Å²) in [6.45, 7) is 1.18. The molecule has 0 radical (unpaired) electrons. The third-order valence-electron chi connectivity index (χ3n) is 4.64. The molecular weight excluding hydrogens is 406 g/mol. The number of nitrogens with zero attached hydrogens (tertiary/aromatic N) is 3. The second-order valence-corrected chi connectivity index (χ2v) is 7.30. The van der Waals surface area contributed by atoms with Gasteiger partial charge in [0.15, 0.2) is 5.82 Å². The monoisotopic (exact) mass is 423 g/mol. The Morgan fingerprint density at radius 1 is 1.19 bits per heavy atom. The lowest BCUT2D eigenvalue weighted by Gasteiger charge is -2.28. The van der Waals surface area contributed by atoms with Crippen LogP contribution in [0.4, 0.5) is 0 Å². The molecule has 2 heterocycles. The number of halogens is 1. The number of hydrogen-bond acceptors (Lipinski definition) is 4. The maximum Gasteiger partial charge on any atom is 0.254 e. The average Bonchev–Trinajstić information content (AvgIpc) is 2.72. The van der Waals surface area contributed by atoms with Crippen molar-refractivity contribution in [2.45, 2.75) is 13.0 Å². The van der Waals surface area contributed by atoms with Crippen LogP contribution in [0.5, 0.6) is 5.75 Å². The fourth-order valence-electron chi connectivity index (χ4n) is 3.17. The van der Waals surface area contributed by atoms with E-state index >= 15 is 0 Å². The Morgan fingerprint density at radius 3 is 2.74 bits per heavy atom. The number of carbonyl (C=O) groups is 1. The van der Waals surface area contributed by atoms with Crippen LogP contribution in [0.15, 0.2) is 59.2 Å². The van der Waals surface area contributed by atoms with Gasteiger partial charge in [-0.05, 0) is 42.5 Å². The van der Waals surface area contributed by atoms with Crippen LogP contribution in [0.1, 0.15) is 21.6 Å². The molecular formula is C21H18BrN3O2. The average molecular weight is 424 g/mol. The van der Waals surface area contributed by atoms with E-state index in [0.29, 0.717) is 24.5 Å². The van der Waals surface area contributed by atoms with E-state index in [1.54, 1.807) is 7.11 Å². The van der Waals surface area contributed by atoms with Gasteiger partial charge in [-0.1, -0.05) is 22.0 Å². The molecule has 0 saturated carbocycles. The summed E-state index contributed by atoms with van der Waals surface area (Å²) >= 11 is 3.42. The summed E-state index contributed by atoms with van der Waals surface area (Å²) in [6, 6.07) is 15.2. The Hall–Kier alpha value is -2.73. The van der Waals surface area contributed by atoms with Gasteiger partial charge in [-0.3, -0.25) is 4.79 Å². The Morgan fingerprint density at radius 2 is 2.00 bits per heavy atom. The molecule has 5 nitrogen and oxygen atoms in total. The van der Waals surface area contributed by atoms with Crippen LogP contribution < -0.4 is 4.74 Å². The quantitative estimate of drug-likeness (QED) is 0.635. The molecule has 6 heteroatoms. The van der Waals surface area contributed by atoms with Crippen LogP contribution >= 0.6 is 15.9 Å². The van der Waals surface area contributed by atoms with Gasteiger partial charge >= 0.3 is 0 Å². The molecule has 0 fully saturated rings. The van der Waals surface area contributed by atoms with Gasteiger partial charge < -0.3 is 9.64 Å². The standard InChI is InChI=1S/C21H18BrN3O2/c1-27-18-7-5-14(6-8-18)20-23-12-16-13-25(10-9-19(16)24-20)21(26)15-3-2-4-17(22)11-15/h2-8,11-12H,9-10,13H2,1H3. The largest absolute Gasteiger partial charge is 0.497 e. The first-order chi connectivity index (χ1) is 13.1. The minimum Gasteiger partial charge on any atom is -0.497 e. The van der Waals surface area contributed by atoms with Gasteiger partial charge in [-0.25, -0.2) is 9.97 Å². The molecule has 1 aliphatic heterocycles. The zero-order valence-electron chi connectivity index (χ0n) is 14.9. The summed E-state index contributed by atoms with van der Waals surface area (Å²) in [5.41, 5.74) is 3.64. The zero-order chi connectivity index (χ0) is 18.8.